The van der Waals surface area contributed by atoms with Gasteiger partial charge in [-0.2, -0.15) is 0 Å². The molecular formula is C28H26O2. The molecule has 0 amide bonds. The van der Waals surface area contributed by atoms with Crippen molar-refractivity contribution in [2.75, 3.05) is 0 Å². The molecule has 0 radical (unpaired) electrons. The molecule has 0 unspecified atom stereocenters. The first-order valence-corrected chi connectivity index (χ1v) is 10.1. The Morgan fingerprint density at radius 2 is 1.00 bits per heavy atom. The van der Waals surface area contributed by atoms with Crippen LogP contribution >= 0.6 is 0 Å². The average Bonchev–Trinajstić information content (AvgIpc) is 2.81. The van der Waals surface area contributed by atoms with E-state index < -0.39 is 0 Å². The zero-order chi connectivity index (χ0) is 21.0. The van der Waals surface area contributed by atoms with Crippen LogP contribution in [-0.4, -0.2) is 11.4 Å². The van der Waals surface area contributed by atoms with Gasteiger partial charge >= 0.3 is 0 Å². The number of hydrogen-bond acceptors (Lipinski definition) is 2. The van der Waals surface area contributed by atoms with Gasteiger partial charge in [0.2, 0.25) is 0 Å². The number of hydrogen-bond donors (Lipinski definition) is 1. The van der Waals surface area contributed by atoms with Gasteiger partial charge in [-0.15, -0.1) is 0 Å². The first kappa shape index (κ1) is 21.2. The van der Waals surface area contributed by atoms with Crippen LogP contribution in [0.15, 0.2) is 109 Å². The monoisotopic (exact) mass is 394 g/mol. The zero-order valence-electron chi connectivity index (χ0n) is 16.9. The lowest BCUT2D eigenvalue weighted by Gasteiger charge is -2.03. The van der Waals surface area contributed by atoms with Crippen LogP contribution in [0.2, 0.25) is 0 Å². The normalized spacial score (nSPS) is 10.0. The average molecular weight is 395 g/mol. The maximum absolute atomic E-state index is 10.6. The van der Waals surface area contributed by atoms with E-state index in [1.807, 2.05) is 78.9 Å². The quantitative estimate of drug-likeness (QED) is 0.416. The molecule has 0 heterocycles. The SMILES string of the molecule is O=Cc1cccc(Cc2ccccc2)c1.OCc1cccc(Cc2ccccc2)c1. The van der Waals surface area contributed by atoms with Crippen molar-refractivity contribution in [2.24, 2.45) is 0 Å². The topological polar surface area (TPSA) is 37.3 Å². The summed E-state index contributed by atoms with van der Waals surface area (Å²) in [4.78, 5) is 10.6. The van der Waals surface area contributed by atoms with Gasteiger partial charge in [-0.05, 0) is 46.7 Å². The van der Waals surface area contributed by atoms with Crippen molar-refractivity contribution in [3.05, 3.63) is 143 Å². The second kappa shape index (κ2) is 11.5. The Kier molecular flexibility index (Phi) is 8.13. The Hall–Kier alpha value is -3.49. The molecular weight excluding hydrogens is 368 g/mol. The Morgan fingerprint density at radius 1 is 0.533 bits per heavy atom. The molecule has 0 bridgehead atoms. The third-order valence-corrected chi connectivity index (χ3v) is 4.76. The van der Waals surface area contributed by atoms with E-state index in [0.29, 0.717) is 0 Å². The Balaban J connectivity index is 0.000000171. The summed E-state index contributed by atoms with van der Waals surface area (Å²) in [7, 11) is 0. The van der Waals surface area contributed by atoms with Gasteiger partial charge in [0.05, 0.1) is 6.61 Å². The second-order valence-corrected chi connectivity index (χ2v) is 7.17. The van der Waals surface area contributed by atoms with Gasteiger partial charge in [0.25, 0.3) is 0 Å². The van der Waals surface area contributed by atoms with Gasteiger partial charge in [0.1, 0.15) is 6.29 Å². The summed E-state index contributed by atoms with van der Waals surface area (Å²) in [5.74, 6) is 0. The fourth-order valence-electron chi connectivity index (χ4n) is 3.28. The highest BCUT2D eigenvalue weighted by atomic mass is 16.3. The van der Waals surface area contributed by atoms with E-state index in [1.165, 1.54) is 22.3 Å². The highest BCUT2D eigenvalue weighted by Gasteiger charge is 1.97. The molecule has 4 rings (SSSR count). The zero-order valence-corrected chi connectivity index (χ0v) is 16.9. The van der Waals surface area contributed by atoms with Crippen LogP contribution in [-0.2, 0) is 19.4 Å². The summed E-state index contributed by atoms with van der Waals surface area (Å²) in [5, 5.41) is 9.03. The number of rotatable bonds is 6. The summed E-state index contributed by atoms with van der Waals surface area (Å²) in [6.07, 6.45) is 2.69. The summed E-state index contributed by atoms with van der Waals surface area (Å²) in [5.41, 5.74) is 6.69. The van der Waals surface area contributed by atoms with Crippen LogP contribution in [0.25, 0.3) is 0 Å². The summed E-state index contributed by atoms with van der Waals surface area (Å²) < 4.78 is 0. The van der Waals surface area contributed by atoms with Crippen LogP contribution in [0.5, 0.6) is 0 Å². The standard InChI is InChI=1S/C14H14O.C14H12O/c2*15-11-14-8-4-7-13(10-14)9-12-5-2-1-3-6-12/h1-8,10,15H,9,11H2;1-8,10-11H,9H2. The molecule has 4 aromatic carbocycles. The predicted molar refractivity (Wildman–Crippen MR) is 123 cm³/mol. The first-order valence-electron chi connectivity index (χ1n) is 10.1. The van der Waals surface area contributed by atoms with Gasteiger partial charge in [-0.25, -0.2) is 0 Å². The third-order valence-electron chi connectivity index (χ3n) is 4.76. The molecule has 0 aliphatic carbocycles. The molecule has 2 heteroatoms. The van der Waals surface area contributed by atoms with Crippen LogP contribution < -0.4 is 0 Å². The minimum absolute atomic E-state index is 0.114. The predicted octanol–water partition coefficient (Wildman–Crippen LogP) is 5.86. The molecule has 1 N–H and O–H groups in total. The molecule has 0 aliphatic heterocycles. The second-order valence-electron chi connectivity index (χ2n) is 7.17. The molecule has 4 aromatic rings. The number of carbonyl (C=O) groups excluding carboxylic acids is 1. The Bertz CT molecular complexity index is 1040. The number of aldehydes is 1. The van der Waals surface area contributed by atoms with E-state index in [-0.39, 0.29) is 6.61 Å². The van der Waals surface area contributed by atoms with Crippen LogP contribution in [0, 0.1) is 0 Å². The Morgan fingerprint density at radius 3 is 1.53 bits per heavy atom. The van der Waals surface area contributed by atoms with Gasteiger partial charge in [0, 0.05) is 5.56 Å². The largest absolute Gasteiger partial charge is 0.392 e. The maximum atomic E-state index is 10.6. The smallest absolute Gasteiger partial charge is 0.150 e. The third kappa shape index (κ3) is 6.84. The maximum Gasteiger partial charge on any atom is 0.150 e. The summed E-state index contributed by atoms with van der Waals surface area (Å²) >= 11 is 0. The van der Waals surface area contributed by atoms with Crippen molar-refractivity contribution < 1.29 is 9.90 Å². The molecule has 0 atom stereocenters. The molecule has 2 nitrogen and oxygen atoms in total. The van der Waals surface area contributed by atoms with E-state index in [9.17, 15) is 4.79 Å². The van der Waals surface area contributed by atoms with Gasteiger partial charge in [-0.3, -0.25) is 4.79 Å². The van der Waals surface area contributed by atoms with Crippen LogP contribution in [0.3, 0.4) is 0 Å². The van der Waals surface area contributed by atoms with E-state index in [0.717, 1.165) is 30.3 Å². The summed E-state index contributed by atoms with van der Waals surface area (Å²) in [6.45, 7) is 0.114. The minimum atomic E-state index is 0.114. The number of benzene rings is 4. The molecule has 0 aromatic heterocycles. The van der Waals surface area contributed by atoms with Crippen molar-refractivity contribution in [3.63, 3.8) is 0 Å². The van der Waals surface area contributed by atoms with E-state index in [1.54, 1.807) is 0 Å². The van der Waals surface area contributed by atoms with Crippen molar-refractivity contribution >= 4 is 6.29 Å². The van der Waals surface area contributed by atoms with E-state index >= 15 is 0 Å². The van der Waals surface area contributed by atoms with Gasteiger partial charge < -0.3 is 5.11 Å². The van der Waals surface area contributed by atoms with Crippen LogP contribution in [0.1, 0.15) is 38.2 Å². The number of aliphatic hydroxyl groups excluding tert-OH is 1. The van der Waals surface area contributed by atoms with E-state index in [4.69, 9.17) is 5.11 Å². The van der Waals surface area contributed by atoms with Crippen molar-refractivity contribution in [1.82, 2.24) is 0 Å². The fraction of sp³-hybridized carbons (Fsp3) is 0.107. The minimum Gasteiger partial charge on any atom is -0.392 e. The lowest BCUT2D eigenvalue weighted by Crippen LogP contribution is -1.90. The lowest BCUT2D eigenvalue weighted by molar-refractivity contribution is 0.112. The van der Waals surface area contributed by atoms with Crippen molar-refractivity contribution in [1.29, 1.82) is 0 Å². The molecule has 150 valence electrons. The fourth-order valence-corrected chi connectivity index (χ4v) is 3.28. The van der Waals surface area contributed by atoms with Crippen molar-refractivity contribution in [2.45, 2.75) is 19.4 Å². The molecule has 30 heavy (non-hydrogen) atoms. The van der Waals surface area contributed by atoms with Gasteiger partial charge in [-0.1, -0.05) is 103 Å². The van der Waals surface area contributed by atoms with Crippen LogP contribution in [0.4, 0.5) is 0 Å². The number of aliphatic hydroxyl groups is 1. The summed E-state index contributed by atoms with van der Waals surface area (Å²) in [6, 6.07) is 36.4. The first-order chi connectivity index (χ1) is 14.8. The van der Waals surface area contributed by atoms with Gasteiger partial charge in [0.15, 0.2) is 0 Å². The highest BCUT2D eigenvalue weighted by Crippen LogP contribution is 2.12. The highest BCUT2D eigenvalue weighted by molar-refractivity contribution is 5.74. The van der Waals surface area contributed by atoms with E-state index in [2.05, 4.69) is 30.3 Å². The Labute approximate surface area is 178 Å². The molecule has 0 spiro atoms. The lowest BCUT2D eigenvalue weighted by atomic mass is 10.0. The molecule has 0 saturated carbocycles. The molecule has 0 saturated heterocycles. The molecule has 0 aliphatic rings. The molecule has 0 fully saturated rings. The van der Waals surface area contributed by atoms with Crippen molar-refractivity contribution in [3.8, 4) is 0 Å². The number of carbonyl (C=O) groups is 1.